The van der Waals surface area contributed by atoms with Crippen LogP contribution in [0.4, 0.5) is 21.2 Å². The van der Waals surface area contributed by atoms with E-state index in [1.54, 1.807) is 12.1 Å². The number of oxazole rings is 2. The zero-order chi connectivity index (χ0) is 36.7. The van der Waals surface area contributed by atoms with Gasteiger partial charge in [0, 0.05) is 12.1 Å². The van der Waals surface area contributed by atoms with Crippen molar-refractivity contribution in [1.82, 2.24) is 15.0 Å². The first-order valence-electron chi connectivity index (χ1n) is 18.3. The van der Waals surface area contributed by atoms with E-state index in [2.05, 4.69) is 32.5 Å². The summed E-state index contributed by atoms with van der Waals surface area (Å²) < 4.78 is 40.0. The van der Waals surface area contributed by atoms with Crippen molar-refractivity contribution in [2.45, 2.75) is 71.1 Å². The number of hydrogen-bond acceptors (Lipinski definition) is 12. The first kappa shape index (κ1) is 37.0. The maximum Gasteiger partial charge on any atom is 0.412 e. The molecule has 1 aliphatic heterocycles. The molecule has 2 aromatic carbocycles. The van der Waals surface area contributed by atoms with Gasteiger partial charge in [-0.25, -0.2) is 14.6 Å². The molecule has 2 N–H and O–H groups in total. The van der Waals surface area contributed by atoms with Gasteiger partial charge in [0.15, 0.2) is 11.6 Å². The molecule has 0 unspecified atom stereocenters. The molecule has 1 aliphatic rings. The Morgan fingerprint density at radius 3 is 1.58 bits per heavy atom. The van der Waals surface area contributed by atoms with Crippen molar-refractivity contribution in [2.75, 3.05) is 43.7 Å². The van der Waals surface area contributed by atoms with E-state index in [9.17, 15) is 9.59 Å². The van der Waals surface area contributed by atoms with Crippen LogP contribution in [0.2, 0.25) is 0 Å². The second kappa shape index (κ2) is 19.2. The van der Waals surface area contributed by atoms with E-state index in [1.165, 1.54) is 12.5 Å². The van der Waals surface area contributed by atoms with E-state index in [1.807, 2.05) is 36.4 Å². The molecule has 53 heavy (non-hydrogen) atoms. The molecular formula is C39H45N5O9. The van der Waals surface area contributed by atoms with Crippen LogP contribution in [0.1, 0.15) is 71.1 Å². The minimum atomic E-state index is -0.640. The highest BCUT2D eigenvalue weighted by molar-refractivity contribution is 5.85. The Bertz CT molecular complexity index is 1820. The Labute approximate surface area is 307 Å². The SMILES string of the molecule is CCCCOc1cc2nc(c1)-c1nc(co1)NC(=O)OCCCCCCOc1ccc3ccc(cc3c1)OCCCCCCOC(=O)Nc1coc-2n1. The van der Waals surface area contributed by atoms with Crippen molar-refractivity contribution in [3.8, 4) is 40.4 Å². The summed E-state index contributed by atoms with van der Waals surface area (Å²) in [5.74, 6) is 2.72. The van der Waals surface area contributed by atoms with Gasteiger partial charge in [0.2, 0.25) is 11.8 Å². The van der Waals surface area contributed by atoms with Gasteiger partial charge >= 0.3 is 12.2 Å². The Morgan fingerprint density at radius 1 is 0.604 bits per heavy atom. The number of nitrogens with zero attached hydrogens (tertiary/aromatic N) is 3. The number of carbonyl (C=O) groups is 2. The van der Waals surface area contributed by atoms with E-state index in [0.29, 0.717) is 49.8 Å². The molecule has 0 saturated carbocycles. The molecule has 14 nitrogen and oxygen atoms in total. The van der Waals surface area contributed by atoms with E-state index < -0.39 is 12.2 Å². The van der Waals surface area contributed by atoms with Crippen LogP contribution in [0.3, 0.4) is 0 Å². The Kier molecular flexibility index (Phi) is 13.4. The van der Waals surface area contributed by atoms with Gasteiger partial charge in [0.1, 0.15) is 41.2 Å². The van der Waals surface area contributed by atoms with Gasteiger partial charge in [-0.2, -0.15) is 9.97 Å². The average Bonchev–Trinajstić information content (AvgIpc) is 3.83. The molecule has 0 saturated heterocycles. The number of nitrogens with one attached hydrogen (secondary N) is 2. The summed E-state index contributed by atoms with van der Waals surface area (Å²) in [4.78, 5) is 38.3. The number of benzene rings is 2. The third kappa shape index (κ3) is 11.3. The highest BCUT2D eigenvalue weighted by Gasteiger charge is 2.18. The Hall–Kier alpha value is -5.79. The second-order valence-corrected chi connectivity index (χ2v) is 12.6. The normalized spacial score (nSPS) is 15.6. The van der Waals surface area contributed by atoms with Crippen molar-refractivity contribution in [2.24, 2.45) is 0 Å². The van der Waals surface area contributed by atoms with E-state index in [4.69, 9.17) is 32.5 Å². The molecule has 0 radical (unpaired) electrons. The van der Waals surface area contributed by atoms with Crippen LogP contribution in [-0.4, -0.2) is 60.2 Å². The molecule has 0 aliphatic carbocycles. The average molecular weight is 728 g/mol. The molecule has 6 rings (SSSR count). The number of anilines is 2. The highest BCUT2D eigenvalue weighted by atomic mass is 16.6. The fraction of sp³-hybridized carbons (Fsp3) is 0.410. The third-order valence-corrected chi connectivity index (χ3v) is 8.34. The summed E-state index contributed by atoms with van der Waals surface area (Å²) in [5.41, 5.74) is 0.648. The maximum atomic E-state index is 12.5. The van der Waals surface area contributed by atoms with Crippen LogP contribution in [0.25, 0.3) is 33.9 Å². The van der Waals surface area contributed by atoms with E-state index in [0.717, 1.165) is 73.6 Å². The van der Waals surface area contributed by atoms with Crippen molar-refractivity contribution >= 4 is 34.6 Å². The highest BCUT2D eigenvalue weighted by Crippen LogP contribution is 2.30. The summed E-state index contributed by atoms with van der Waals surface area (Å²) in [6.45, 7) is 4.27. The molecule has 0 atom stereocenters. The summed E-state index contributed by atoms with van der Waals surface area (Å²) in [7, 11) is 0. The maximum absolute atomic E-state index is 12.5. The summed E-state index contributed by atoms with van der Waals surface area (Å²) in [6, 6.07) is 15.5. The number of aromatic nitrogens is 3. The monoisotopic (exact) mass is 727 g/mol. The lowest BCUT2D eigenvalue weighted by Gasteiger charge is -2.10. The smallest absolute Gasteiger partial charge is 0.412 e. The summed E-state index contributed by atoms with van der Waals surface area (Å²) >= 11 is 0. The van der Waals surface area contributed by atoms with Crippen molar-refractivity contribution < 1.29 is 42.1 Å². The predicted molar refractivity (Wildman–Crippen MR) is 197 cm³/mol. The number of rotatable bonds is 4. The molecule has 2 amide bonds. The predicted octanol–water partition coefficient (Wildman–Crippen LogP) is 9.41. The van der Waals surface area contributed by atoms with Crippen LogP contribution in [-0.2, 0) is 9.47 Å². The number of hydrogen-bond donors (Lipinski definition) is 2. The molecular weight excluding hydrogens is 682 g/mol. The molecule has 4 heterocycles. The van der Waals surface area contributed by atoms with Crippen molar-refractivity contribution in [1.29, 1.82) is 0 Å². The zero-order valence-electron chi connectivity index (χ0n) is 29.9. The largest absolute Gasteiger partial charge is 0.494 e. The van der Waals surface area contributed by atoms with Crippen LogP contribution >= 0.6 is 0 Å². The lowest BCUT2D eigenvalue weighted by Crippen LogP contribution is -2.14. The topological polar surface area (TPSA) is 169 Å². The van der Waals surface area contributed by atoms with Crippen LogP contribution < -0.4 is 24.8 Å². The molecule has 0 fully saturated rings. The zero-order valence-corrected chi connectivity index (χ0v) is 29.9. The summed E-state index contributed by atoms with van der Waals surface area (Å²) in [6.07, 6.45) is 9.99. The van der Waals surface area contributed by atoms with Crippen molar-refractivity contribution in [3.63, 3.8) is 0 Å². The Balaban J connectivity index is 1.10. The van der Waals surface area contributed by atoms with Crippen LogP contribution in [0.5, 0.6) is 17.2 Å². The molecule has 9 bridgehead atoms. The van der Waals surface area contributed by atoms with E-state index in [-0.39, 0.29) is 36.6 Å². The number of pyridine rings is 1. The van der Waals surface area contributed by atoms with Gasteiger partial charge in [-0.1, -0.05) is 25.5 Å². The number of fused-ring (bicyclic) bond motifs is 10. The van der Waals surface area contributed by atoms with Gasteiger partial charge in [-0.05, 0) is 92.8 Å². The second-order valence-electron chi connectivity index (χ2n) is 12.6. The number of unbranched alkanes of at least 4 members (excludes halogenated alkanes) is 1. The molecule has 0 spiro atoms. The fourth-order valence-electron chi connectivity index (χ4n) is 5.53. The molecule has 14 heteroatoms. The Morgan fingerprint density at radius 2 is 1.09 bits per heavy atom. The van der Waals surface area contributed by atoms with Gasteiger partial charge in [0.05, 0.1) is 33.0 Å². The fourth-order valence-corrected chi connectivity index (χ4v) is 5.53. The minimum Gasteiger partial charge on any atom is -0.494 e. The lowest BCUT2D eigenvalue weighted by atomic mass is 10.1. The minimum absolute atomic E-state index is 0.135. The standard InChI is InChI=1S/C39H45N5O9/c1-2-3-16-49-31-23-32-36-41-34(25-52-36)43-38(45)50-19-10-6-4-8-17-47-29-14-12-27-13-15-30(22-28(27)21-29)48-18-9-5-7-11-20-51-39(46)44-35-26-53-37(42-35)33(24-31)40-32/h12-15,21-26H,2-11,16-20H2,1H3,(H,43,45)(H,44,46). The van der Waals surface area contributed by atoms with Gasteiger partial charge in [-0.3, -0.25) is 10.6 Å². The number of ether oxygens (including phenoxy) is 5. The van der Waals surface area contributed by atoms with Gasteiger partial charge < -0.3 is 32.5 Å². The van der Waals surface area contributed by atoms with Crippen molar-refractivity contribution in [3.05, 3.63) is 61.1 Å². The quantitative estimate of drug-likeness (QED) is 0.168. The number of cyclic esters (lactones) is 2. The number of carbonyl (C=O) groups excluding carboxylic acids is 2. The summed E-state index contributed by atoms with van der Waals surface area (Å²) in [5, 5.41) is 7.36. The molecule has 3 aromatic heterocycles. The van der Waals surface area contributed by atoms with Gasteiger partial charge in [0.25, 0.3) is 0 Å². The number of amides is 2. The van der Waals surface area contributed by atoms with Crippen LogP contribution in [0.15, 0.2) is 69.9 Å². The van der Waals surface area contributed by atoms with E-state index >= 15 is 0 Å². The van der Waals surface area contributed by atoms with Crippen LogP contribution in [0, 0.1) is 0 Å². The first-order valence-corrected chi connectivity index (χ1v) is 18.3. The first-order chi connectivity index (χ1) is 26.0. The lowest BCUT2D eigenvalue weighted by molar-refractivity contribution is 0.158. The third-order valence-electron chi connectivity index (χ3n) is 8.34. The molecule has 280 valence electrons. The van der Waals surface area contributed by atoms with Gasteiger partial charge in [-0.15, -0.1) is 0 Å². The molecule has 5 aromatic rings.